The van der Waals surface area contributed by atoms with E-state index in [0.29, 0.717) is 24.3 Å². The Hall–Kier alpha value is -1.62. The number of hydrogen-bond donors (Lipinski definition) is 2. The molecule has 0 aliphatic carbocycles. The second-order valence-electron chi connectivity index (χ2n) is 3.99. The van der Waals surface area contributed by atoms with Crippen LogP contribution in [0, 0.1) is 5.82 Å². The topological polar surface area (TPSA) is 44.4 Å². The van der Waals surface area contributed by atoms with Crippen LogP contribution in [0.4, 0.5) is 10.1 Å². The van der Waals surface area contributed by atoms with Crippen molar-refractivity contribution in [3.63, 3.8) is 0 Å². The second-order valence-corrected chi connectivity index (χ2v) is 3.99. The van der Waals surface area contributed by atoms with E-state index in [-0.39, 0.29) is 5.91 Å². The highest BCUT2D eigenvalue weighted by Crippen LogP contribution is 2.16. The molecule has 2 rings (SSSR count). The average molecular weight is 237 g/mol. The Morgan fingerprint density at radius 3 is 2.71 bits per heavy atom. The van der Waals surface area contributed by atoms with Gasteiger partial charge in [0.05, 0.1) is 5.69 Å². The standard InChI is InChI=1S/C12H16FN3O/c1-14-11-3-2-9(8-10(11)13)12(17)16-6-4-15-5-7-16/h2-3,8,14-15H,4-7H2,1H3. The van der Waals surface area contributed by atoms with E-state index in [9.17, 15) is 9.18 Å². The van der Waals surface area contributed by atoms with Crippen LogP contribution in [0.3, 0.4) is 0 Å². The van der Waals surface area contributed by atoms with Gasteiger partial charge in [-0.2, -0.15) is 0 Å². The zero-order valence-electron chi connectivity index (χ0n) is 9.79. The summed E-state index contributed by atoms with van der Waals surface area (Å²) < 4.78 is 13.5. The van der Waals surface area contributed by atoms with Crippen LogP contribution < -0.4 is 10.6 Å². The Morgan fingerprint density at radius 1 is 1.41 bits per heavy atom. The molecule has 0 atom stereocenters. The molecule has 1 heterocycles. The van der Waals surface area contributed by atoms with Crippen LogP contribution in [0.5, 0.6) is 0 Å². The SMILES string of the molecule is CNc1ccc(C(=O)N2CCNCC2)cc1F. The van der Waals surface area contributed by atoms with Crippen molar-refractivity contribution in [2.24, 2.45) is 0 Å². The van der Waals surface area contributed by atoms with Gasteiger partial charge in [0.2, 0.25) is 0 Å². The number of nitrogens with zero attached hydrogens (tertiary/aromatic N) is 1. The third kappa shape index (κ3) is 2.55. The molecule has 5 heteroatoms. The molecule has 1 amide bonds. The van der Waals surface area contributed by atoms with E-state index in [1.54, 1.807) is 24.1 Å². The number of halogens is 1. The Bertz CT molecular complexity index is 416. The van der Waals surface area contributed by atoms with Gasteiger partial charge in [-0.3, -0.25) is 4.79 Å². The number of benzene rings is 1. The van der Waals surface area contributed by atoms with Crippen molar-refractivity contribution < 1.29 is 9.18 Å². The van der Waals surface area contributed by atoms with Crippen molar-refractivity contribution in [1.82, 2.24) is 10.2 Å². The van der Waals surface area contributed by atoms with Crippen LogP contribution in [0.25, 0.3) is 0 Å². The summed E-state index contributed by atoms with van der Waals surface area (Å²) in [7, 11) is 1.65. The summed E-state index contributed by atoms with van der Waals surface area (Å²) in [5, 5.41) is 5.90. The summed E-state index contributed by atoms with van der Waals surface area (Å²) in [5.74, 6) is -0.499. The summed E-state index contributed by atoms with van der Waals surface area (Å²) in [4.78, 5) is 13.8. The molecule has 1 fully saturated rings. The van der Waals surface area contributed by atoms with Crippen molar-refractivity contribution in [2.45, 2.75) is 0 Å². The molecule has 0 radical (unpaired) electrons. The molecule has 0 spiro atoms. The van der Waals surface area contributed by atoms with Gasteiger partial charge in [-0.1, -0.05) is 0 Å². The third-order valence-electron chi connectivity index (χ3n) is 2.89. The molecule has 0 aromatic heterocycles. The van der Waals surface area contributed by atoms with Gasteiger partial charge in [-0.15, -0.1) is 0 Å². The zero-order valence-corrected chi connectivity index (χ0v) is 9.79. The fraction of sp³-hybridized carbons (Fsp3) is 0.417. The van der Waals surface area contributed by atoms with E-state index in [1.165, 1.54) is 6.07 Å². The maximum atomic E-state index is 13.5. The molecule has 1 aliphatic rings. The first-order chi connectivity index (χ1) is 8.22. The van der Waals surface area contributed by atoms with E-state index < -0.39 is 5.82 Å². The van der Waals surface area contributed by atoms with Gasteiger partial charge in [-0.05, 0) is 18.2 Å². The average Bonchev–Trinajstić information content (AvgIpc) is 2.39. The van der Waals surface area contributed by atoms with Crippen molar-refractivity contribution in [3.05, 3.63) is 29.6 Å². The predicted molar refractivity (Wildman–Crippen MR) is 64.7 cm³/mol. The van der Waals surface area contributed by atoms with Crippen molar-refractivity contribution in [2.75, 3.05) is 38.5 Å². The minimum absolute atomic E-state index is 0.104. The Balaban J connectivity index is 2.16. The van der Waals surface area contributed by atoms with E-state index in [2.05, 4.69) is 10.6 Å². The largest absolute Gasteiger partial charge is 0.386 e. The molecule has 1 aromatic rings. The fourth-order valence-electron chi connectivity index (χ4n) is 1.90. The van der Waals surface area contributed by atoms with Crippen LogP contribution in [-0.4, -0.2) is 44.0 Å². The number of carbonyl (C=O) groups is 1. The van der Waals surface area contributed by atoms with Gasteiger partial charge in [0.15, 0.2) is 0 Å². The lowest BCUT2D eigenvalue weighted by Gasteiger charge is -2.27. The monoisotopic (exact) mass is 237 g/mol. The van der Waals surface area contributed by atoms with Crippen molar-refractivity contribution in [1.29, 1.82) is 0 Å². The number of rotatable bonds is 2. The van der Waals surface area contributed by atoms with E-state index in [4.69, 9.17) is 0 Å². The first kappa shape index (κ1) is 11.9. The predicted octanol–water partition coefficient (Wildman–Crippen LogP) is 0.913. The van der Waals surface area contributed by atoms with Crippen LogP contribution in [-0.2, 0) is 0 Å². The molecular formula is C12H16FN3O. The molecule has 4 nitrogen and oxygen atoms in total. The highest BCUT2D eigenvalue weighted by Gasteiger charge is 2.18. The molecule has 1 saturated heterocycles. The first-order valence-corrected chi connectivity index (χ1v) is 5.69. The Morgan fingerprint density at radius 2 is 2.12 bits per heavy atom. The molecule has 0 saturated carbocycles. The lowest BCUT2D eigenvalue weighted by Crippen LogP contribution is -2.46. The number of nitrogens with one attached hydrogen (secondary N) is 2. The van der Waals surface area contributed by atoms with Gasteiger partial charge < -0.3 is 15.5 Å². The third-order valence-corrected chi connectivity index (χ3v) is 2.89. The maximum absolute atomic E-state index is 13.5. The highest BCUT2D eigenvalue weighted by molar-refractivity contribution is 5.94. The normalized spacial score (nSPS) is 15.8. The van der Waals surface area contributed by atoms with E-state index in [0.717, 1.165) is 13.1 Å². The maximum Gasteiger partial charge on any atom is 0.254 e. The van der Waals surface area contributed by atoms with Gasteiger partial charge in [-0.25, -0.2) is 4.39 Å². The number of piperazine rings is 1. The van der Waals surface area contributed by atoms with Crippen LogP contribution in [0.2, 0.25) is 0 Å². The fourth-order valence-corrected chi connectivity index (χ4v) is 1.90. The molecule has 0 unspecified atom stereocenters. The van der Waals surface area contributed by atoms with Gasteiger partial charge in [0.1, 0.15) is 5.82 Å². The molecule has 92 valence electrons. The summed E-state index contributed by atoms with van der Waals surface area (Å²) in [6.45, 7) is 2.94. The number of carbonyl (C=O) groups excluding carboxylic acids is 1. The lowest BCUT2D eigenvalue weighted by molar-refractivity contribution is 0.0735. The quantitative estimate of drug-likeness (QED) is 0.803. The first-order valence-electron chi connectivity index (χ1n) is 5.69. The summed E-state index contributed by atoms with van der Waals surface area (Å²) in [6.07, 6.45) is 0. The van der Waals surface area contributed by atoms with Gasteiger partial charge >= 0.3 is 0 Å². The molecule has 1 aliphatic heterocycles. The van der Waals surface area contributed by atoms with E-state index in [1.807, 2.05) is 0 Å². The van der Waals surface area contributed by atoms with Gasteiger partial charge in [0, 0.05) is 38.8 Å². The second kappa shape index (κ2) is 5.14. The van der Waals surface area contributed by atoms with Crippen LogP contribution in [0.15, 0.2) is 18.2 Å². The molecule has 17 heavy (non-hydrogen) atoms. The molecule has 0 bridgehead atoms. The molecule has 1 aromatic carbocycles. The number of anilines is 1. The minimum Gasteiger partial charge on any atom is -0.386 e. The van der Waals surface area contributed by atoms with Gasteiger partial charge in [0.25, 0.3) is 5.91 Å². The minimum atomic E-state index is -0.395. The molecular weight excluding hydrogens is 221 g/mol. The Kier molecular flexibility index (Phi) is 3.58. The highest BCUT2D eigenvalue weighted by atomic mass is 19.1. The number of hydrogen-bond acceptors (Lipinski definition) is 3. The summed E-state index contributed by atoms with van der Waals surface area (Å²) >= 11 is 0. The lowest BCUT2D eigenvalue weighted by atomic mass is 10.1. The van der Waals surface area contributed by atoms with Crippen LogP contribution in [0.1, 0.15) is 10.4 Å². The van der Waals surface area contributed by atoms with E-state index >= 15 is 0 Å². The number of amides is 1. The van der Waals surface area contributed by atoms with Crippen molar-refractivity contribution in [3.8, 4) is 0 Å². The van der Waals surface area contributed by atoms with Crippen molar-refractivity contribution >= 4 is 11.6 Å². The smallest absolute Gasteiger partial charge is 0.254 e. The summed E-state index contributed by atoms with van der Waals surface area (Å²) in [6, 6.07) is 4.53. The molecule has 2 N–H and O–H groups in total. The summed E-state index contributed by atoms with van der Waals surface area (Å²) in [5.41, 5.74) is 0.810. The Labute approximate surface area is 99.8 Å². The zero-order chi connectivity index (χ0) is 12.3. The van der Waals surface area contributed by atoms with Crippen LogP contribution >= 0.6 is 0 Å².